The molecule has 5 nitrogen and oxygen atoms in total. The molecule has 1 saturated heterocycles. The Hall–Kier alpha value is -2.01. The summed E-state index contributed by atoms with van der Waals surface area (Å²) in [5, 5.41) is 3.53. The van der Waals surface area contributed by atoms with Crippen LogP contribution in [0.1, 0.15) is 17.0 Å². The molecule has 0 bridgehead atoms. The van der Waals surface area contributed by atoms with Crippen LogP contribution >= 0.6 is 0 Å². The van der Waals surface area contributed by atoms with Gasteiger partial charge in [-0.2, -0.15) is 0 Å². The van der Waals surface area contributed by atoms with Gasteiger partial charge in [0.15, 0.2) is 0 Å². The summed E-state index contributed by atoms with van der Waals surface area (Å²) in [7, 11) is 0. The zero-order valence-electron chi connectivity index (χ0n) is 12.4. The van der Waals surface area contributed by atoms with Crippen LogP contribution in [-0.4, -0.2) is 34.2 Å². The van der Waals surface area contributed by atoms with E-state index in [-0.39, 0.29) is 6.04 Å². The Balaban J connectivity index is 1.71. The number of aryl methyl sites for hydroxylation is 2. The van der Waals surface area contributed by atoms with Crippen LogP contribution in [0.3, 0.4) is 0 Å². The molecule has 1 N–H and O–H groups in total. The zero-order chi connectivity index (χ0) is 14.7. The Bertz CT molecular complexity index is 602. The summed E-state index contributed by atoms with van der Waals surface area (Å²) in [5.41, 5.74) is 2.36. The normalized spacial score (nSPS) is 21.4. The number of rotatable bonds is 4. The van der Waals surface area contributed by atoms with Crippen molar-refractivity contribution in [2.75, 3.05) is 18.5 Å². The number of anilines is 1. The molecule has 0 aliphatic carbocycles. The predicted octanol–water partition coefficient (Wildman–Crippen LogP) is 2.16. The molecule has 0 radical (unpaired) electrons. The molecule has 1 aliphatic heterocycles. The van der Waals surface area contributed by atoms with Crippen LogP contribution < -0.4 is 5.32 Å². The van der Waals surface area contributed by atoms with E-state index in [9.17, 15) is 0 Å². The van der Waals surface area contributed by atoms with Gasteiger partial charge < -0.3 is 10.1 Å². The fourth-order valence-corrected chi connectivity index (χ4v) is 2.63. The molecule has 1 fully saturated rings. The maximum absolute atomic E-state index is 5.66. The highest BCUT2D eigenvalue weighted by Gasteiger charge is 2.29. The average molecular weight is 284 g/mol. The highest BCUT2D eigenvalue weighted by molar-refractivity contribution is 5.43. The molecule has 0 unspecified atom stereocenters. The van der Waals surface area contributed by atoms with Gasteiger partial charge in [-0.25, -0.2) is 9.97 Å². The Morgan fingerprint density at radius 1 is 1.24 bits per heavy atom. The molecule has 0 amide bonds. The molecule has 3 heterocycles. The quantitative estimate of drug-likeness (QED) is 0.932. The molecule has 2 aromatic rings. The summed E-state index contributed by atoms with van der Waals surface area (Å²) in [4.78, 5) is 12.8. The zero-order valence-corrected chi connectivity index (χ0v) is 12.4. The second-order valence-corrected chi connectivity index (χ2v) is 5.56. The summed E-state index contributed by atoms with van der Waals surface area (Å²) >= 11 is 0. The molecule has 5 heteroatoms. The topological polar surface area (TPSA) is 59.9 Å². The fourth-order valence-electron chi connectivity index (χ4n) is 2.63. The van der Waals surface area contributed by atoms with Crippen molar-refractivity contribution in [2.45, 2.75) is 26.3 Å². The van der Waals surface area contributed by atoms with Gasteiger partial charge in [0.05, 0.1) is 19.3 Å². The van der Waals surface area contributed by atoms with Crippen LogP contribution in [0.2, 0.25) is 0 Å². The maximum Gasteiger partial charge on any atom is 0.132 e. The lowest BCUT2D eigenvalue weighted by molar-refractivity contribution is 0.185. The van der Waals surface area contributed by atoms with E-state index in [4.69, 9.17) is 4.74 Å². The molecular formula is C16H20N4O. The van der Waals surface area contributed by atoms with Gasteiger partial charge in [-0.05, 0) is 38.0 Å². The molecule has 1 aliphatic rings. The lowest BCUT2D eigenvalue weighted by Crippen LogP contribution is -2.30. The molecular weight excluding hydrogens is 264 g/mol. The number of pyridine rings is 1. The number of hydrogen-bond acceptors (Lipinski definition) is 5. The Kier molecular flexibility index (Phi) is 4.10. The van der Waals surface area contributed by atoms with Gasteiger partial charge in [0, 0.05) is 30.1 Å². The van der Waals surface area contributed by atoms with Crippen molar-refractivity contribution in [3.63, 3.8) is 0 Å². The van der Waals surface area contributed by atoms with E-state index in [0.717, 1.165) is 36.8 Å². The Morgan fingerprint density at radius 2 is 2.05 bits per heavy atom. The Morgan fingerprint density at radius 3 is 2.86 bits per heavy atom. The monoisotopic (exact) mass is 284 g/mol. The van der Waals surface area contributed by atoms with E-state index in [1.54, 1.807) is 0 Å². The number of nitrogens with zero attached hydrogens (tertiary/aromatic N) is 3. The van der Waals surface area contributed by atoms with Crippen LogP contribution in [0.15, 0.2) is 30.7 Å². The number of aromatic nitrogens is 3. The molecule has 0 aromatic carbocycles. The SMILES string of the molecule is Cc1ncc(C)c(N[C@H]2COC[C@H]2Cc2ccncc2)n1. The third kappa shape index (κ3) is 3.36. The van der Waals surface area contributed by atoms with Gasteiger partial charge >= 0.3 is 0 Å². The highest BCUT2D eigenvalue weighted by atomic mass is 16.5. The van der Waals surface area contributed by atoms with Gasteiger partial charge in [-0.3, -0.25) is 4.98 Å². The number of ether oxygens (including phenoxy) is 1. The minimum Gasteiger partial charge on any atom is -0.379 e. The fraction of sp³-hybridized carbons (Fsp3) is 0.438. The summed E-state index contributed by atoms with van der Waals surface area (Å²) in [5.74, 6) is 2.15. The summed E-state index contributed by atoms with van der Waals surface area (Å²) in [6.07, 6.45) is 6.53. The third-order valence-corrected chi connectivity index (χ3v) is 3.86. The minimum absolute atomic E-state index is 0.283. The van der Waals surface area contributed by atoms with E-state index in [1.165, 1.54) is 5.56 Å². The lowest BCUT2D eigenvalue weighted by Gasteiger charge is -2.20. The van der Waals surface area contributed by atoms with Gasteiger partial charge in [0.1, 0.15) is 11.6 Å². The number of nitrogens with one attached hydrogen (secondary N) is 1. The van der Waals surface area contributed by atoms with Gasteiger partial charge in [-0.1, -0.05) is 0 Å². The first-order valence-electron chi connectivity index (χ1n) is 7.26. The highest BCUT2D eigenvalue weighted by Crippen LogP contribution is 2.23. The van der Waals surface area contributed by atoms with E-state index in [2.05, 4.69) is 32.4 Å². The van der Waals surface area contributed by atoms with Crippen molar-refractivity contribution >= 4 is 5.82 Å². The molecule has 110 valence electrons. The van der Waals surface area contributed by atoms with E-state index in [0.29, 0.717) is 5.92 Å². The largest absolute Gasteiger partial charge is 0.379 e. The maximum atomic E-state index is 5.66. The summed E-state index contributed by atoms with van der Waals surface area (Å²) < 4.78 is 5.66. The first kappa shape index (κ1) is 13.9. The van der Waals surface area contributed by atoms with Crippen LogP contribution in [0.25, 0.3) is 0 Å². The van der Waals surface area contributed by atoms with E-state index >= 15 is 0 Å². The van der Waals surface area contributed by atoms with Crippen molar-refractivity contribution in [1.29, 1.82) is 0 Å². The van der Waals surface area contributed by atoms with Crippen molar-refractivity contribution < 1.29 is 4.74 Å². The van der Waals surface area contributed by atoms with Crippen molar-refractivity contribution in [1.82, 2.24) is 15.0 Å². The van der Waals surface area contributed by atoms with Crippen molar-refractivity contribution in [2.24, 2.45) is 5.92 Å². The first-order chi connectivity index (χ1) is 10.2. The summed E-state index contributed by atoms with van der Waals surface area (Å²) in [6.45, 7) is 5.43. The second-order valence-electron chi connectivity index (χ2n) is 5.56. The molecule has 3 rings (SSSR count). The van der Waals surface area contributed by atoms with Gasteiger partial charge in [-0.15, -0.1) is 0 Å². The van der Waals surface area contributed by atoms with Crippen LogP contribution in [-0.2, 0) is 11.2 Å². The predicted molar refractivity (Wildman–Crippen MR) is 81.2 cm³/mol. The smallest absolute Gasteiger partial charge is 0.132 e. The third-order valence-electron chi connectivity index (χ3n) is 3.86. The van der Waals surface area contributed by atoms with Crippen LogP contribution in [0.4, 0.5) is 5.82 Å². The number of hydrogen-bond donors (Lipinski definition) is 1. The second kappa shape index (κ2) is 6.18. The molecule has 2 aromatic heterocycles. The van der Waals surface area contributed by atoms with Crippen molar-refractivity contribution in [3.05, 3.63) is 47.7 Å². The van der Waals surface area contributed by atoms with Gasteiger partial charge in [0.2, 0.25) is 0 Å². The molecule has 0 saturated carbocycles. The molecule has 2 atom stereocenters. The standard InChI is InChI=1S/C16H20N4O/c1-11-8-18-12(2)19-16(11)20-15-10-21-9-14(15)7-13-3-5-17-6-4-13/h3-6,8,14-15H,7,9-10H2,1-2H3,(H,18,19,20)/t14-,15+/m1/s1. The summed E-state index contributed by atoms with van der Waals surface area (Å²) in [6, 6.07) is 4.41. The Labute approximate surface area is 124 Å². The van der Waals surface area contributed by atoms with Crippen LogP contribution in [0.5, 0.6) is 0 Å². The average Bonchev–Trinajstić information content (AvgIpc) is 2.91. The molecule has 0 spiro atoms. The van der Waals surface area contributed by atoms with E-state index in [1.807, 2.05) is 32.4 Å². The van der Waals surface area contributed by atoms with Crippen LogP contribution in [0, 0.1) is 19.8 Å². The van der Waals surface area contributed by atoms with E-state index < -0.39 is 0 Å². The van der Waals surface area contributed by atoms with Crippen molar-refractivity contribution in [3.8, 4) is 0 Å². The lowest BCUT2D eigenvalue weighted by atomic mass is 9.95. The minimum atomic E-state index is 0.283. The molecule has 21 heavy (non-hydrogen) atoms. The van der Waals surface area contributed by atoms with Gasteiger partial charge in [0.25, 0.3) is 0 Å². The first-order valence-corrected chi connectivity index (χ1v) is 7.26.